The molecule has 0 aliphatic rings. The molecule has 0 amide bonds. The third kappa shape index (κ3) is 3.89. The van der Waals surface area contributed by atoms with E-state index < -0.39 is 0 Å². The van der Waals surface area contributed by atoms with Crippen LogP contribution < -0.4 is 0 Å². The number of hydrogen-bond donors (Lipinski definition) is 0. The SMILES string of the molecule is C=C(C)C=C(Cl)C(=CC)OC. The molecule has 0 N–H and O–H groups in total. The van der Waals surface area contributed by atoms with Crippen LogP contribution in [0.3, 0.4) is 0 Å². The van der Waals surface area contributed by atoms with Gasteiger partial charge in [-0.1, -0.05) is 23.8 Å². The number of methoxy groups -OCH3 is 1. The molecule has 0 aliphatic carbocycles. The molecular formula is C9H13ClO. The molecule has 0 unspecified atom stereocenters. The van der Waals surface area contributed by atoms with Crippen molar-refractivity contribution in [2.24, 2.45) is 0 Å². The molecule has 0 rings (SSSR count). The zero-order chi connectivity index (χ0) is 8.85. The first-order valence-corrected chi connectivity index (χ1v) is 3.73. The smallest absolute Gasteiger partial charge is 0.133 e. The summed E-state index contributed by atoms with van der Waals surface area (Å²) < 4.78 is 4.98. The van der Waals surface area contributed by atoms with Gasteiger partial charge in [0.25, 0.3) is 0 Å². The van der Waals surface area contributed by atoms with Gasteiger partial charge in [-0.25, -0.2) is 0 Å². The summed E-state index contributed by atoms with van der Waals surface area (Å²) in [7, 11) is 1.59. The monoisotopic (exact) mass is 172 g/mol. The Hall–Kier alpha value is -0.690. The van der Waals surface area contributed by atoms with E-state index >= 15 is 0 Å². The van der Waals surface area contributed by atoms with E-state index in [0.29, 0.717) is 10.8 Å². The maximum atomic E-state index is 5.85. The van der Waals surface area contributed by atoms with Gasteiger partial charge >= 0.3 is 0 Å². The van der Waals surface area contributed by atoms with E-state index in [9.17, 15) is 0 Å². The molecular weight excluding hydrogens is 160 g/mol. The molecule has 0 atom stereocenters. The highest BCUT2D eigenvalue weighted by Gasteiger charge is 1.98. The Morgan fingerprint density at radius 2 is 2.09 bits per heavy atom. The van der Waals surface area contributed by atoms with E-state index in [4.69, 9.17) is 16.3 Å². The Morgan fingerprint density at radius 3 is 2.36 bits per heavy atom. The molecule has 0 saturated heterocycles. The summed E-state index contributed by atoms with van der Waals surface area (Å²) in [6.45, 7) is 7.45. The van der Waals surface area contributed by atoms with Gasteiger partial charge in [0, 0.05) is 0 Å². The van der Waals surface area contributed by atoms with Crippen molar-refractivity contribution in [2.75, 3.05) is 7.11 Å². The second-order valence-corrected chi connectivity index (χ2v) is 2.60. The summed E-state index contributed by atoms with van der Waals surface area (Å²) in [6, 6.07) is 0. The molecule has 0 fully saturated rings. The zero-order valence-electron chi connectivity index (χ0n) is 7.15. The number of rotatable bonds is 3. The largest absolute Gasteiger partial charge is 0.496 e. The van der Waals surface area contributed by atoms with Gasteiger partial charge in [-0.2, -0.15) is 0 Å². The molecule has 0 heterocycles. The Kier molecular flexibility index (Phi) is 4.71. The Labute approximate surface area is 73.0 Å². The fourth-order valence-electron chi connectivity index (χ4n) is 0.641. The molecule has 11 heavy (non-hydrogen) atoms. The van der Waals surface area contributed by atoms with Crippen LogP contribution in [0.5, 0.6) is 0 Å². The molecule has 62 valence electrons. The van der Waals surface area contributed by atoms with E-state index in [-0.39, 0.29) is 0 Å². The van der Waals surface area contributed by atoms with Crippen LogP contribution in [-0.4, -0.2) is 7.11 Å². The van der Waals surface area contributed by atoms with Gasteiger partial charge in [-0.15, -0.1) is 0 Å². The van der Waals surface area contributed by atoms with Crippen LogP contribution in [0.4, 0.5) is 0 Å². The Balaban J connectivity index is 4.45. The quantitative estimate of drug-likeness (QED) is 0.469. The minimum Gasteiger partial charge on any atom is -0.496 e. The van der Waals surface area contributed by atoms with Gasteiger partial charge in [-0.3, -0.25) is 0 Å². The highest BCUT2D eigenvalue weighted by Crippen LogP contribution is 2.16. The van der Waals surface area contributed by atoms with E-state index in [0.717, 1.165) is 5.57 Å². The average Bonchev–Trinajstić information content (AvgIpc) is 1.88. The first-order valence-electron chi connectivity index (χ1n) is 3.35. The molecule has 0 aromatic heterocycles. The van der Waals surface area contributed by atoms with Gasteiger partial charge in [-0.05, 0) is 26.0 Å². The second-order valence-electron chi connectivity index (χ2n) is 2.20. The van der Waals surface area contributed by atoms with Crippen molar-refractivity contribution in [3.8, 4) is 0 Å². The molecule has 0 spiro atoms. The van der Waals surface area contributed by atoms with Crippen molar-refractivity contribution in [1.29, 1.82) is 0 Å². The first kappa shape index (κ1) is 10.3. The van der Waals surface area contributed by atoms with Crippen LogP contribution in [0.15, 0.2) is 35.1 Å². The van der Waals surface area contributed by atoms with Crippen LogP contribution in [0, 0.1) is 0 Å². The van der Waals surface area contributed by atoms with E-state index in [2.05, 4.69) is 6.58 Å². The molecule has 1 nitrogen and oxygen atoms in total. The van der Waals surface area contributed by atoms with Crippen LogP contribution in [0.25, 0.3) is 0 Å². The number of ether oxygens (including phenoxy) is 1. The van der Waals surface area contributed by atoms with Crippen molar-refractivity contribution in [3.63, 3.8) is 0 Å². The van der Waals surface area contributed by atoms with Gasteiger partial charge in [0.05, 0.1) is 12.1 Å². The fraction of sp³-hybridized carbons (Fsp3) is 0.333. The third-order valence-electron chi connectivity index (χ3n) is 1.09. The molecule has 0 aliphatic heterocycles. The highest BCUT2D eigenvalue weighted by atomic mass is 35.5. The van der Waals surface area contributed by atoms with Crippen LogP contribution in [-0.2, 0) is 4.74 Å². The van der Waals surface area contributed by atoms with Gasteiger partial charge in [0.15, 0.2) is 0 Å². The Morgan fingerprint density at radius 1 is 1.55 bits per heavy atom. The van der Waals surface area contributed by atoms with E-state index in [1.54, 1.807) is 13.2 Å². The predicted molar refractivity (Wildman–Crippen MR) is 49.5 cm³/mol. The van der Waals surface area contributed by atoms with Crippen molar-refractivity contribution in [3.05, 3.63) is 35.1 Å². The molecule has 2 heteroatoms. The van der Waals surface area contributed by atoms with Gasteiger partial charge < -0.3 is 4.74 Å². The lowest BCUT2D eigenvalue weighted by molar-refractivity contribution is 0.304. The molecule has 0 bridgehead atoms. The van der Waals surface area contributed by atoms with Crippen LogP contribution >= 0.6 is 11.6 Å². The number of allylic oxidation sites excluding steroid dienone is 4. The normalized spacial score (nSPS) is 13.1. The number of hydrogen-bond acceptors (Lipinski definition) is 1. The van der Waals surface area contributed by atoms with Crippen molar-refractivity contribution < 1.29 is 4.74 Å². The van der Waals surface area contributed by atoms with Crippen molar-refractivity contribution in [1.82, 2.24) is 0 Å². The minimum atomic E-state index is 0.586. The lowest BCUT2D eigenvalue weighted by Crippen LogP contribution is -1.85. The molecule has 0 saturated carbocycles. The predicted octanol–water partition coefficient (Wildman–Crippen LogP) is 3.24. The zero-order valence-corrected chi connectivity index (χ0v) is 7.90. The topological polar surface area (TPSA) is 9.23 Å². The van der Waals surface area contributed by atoms with Gasteiger partial charge in [0.2, 0.25) is 0 Å². The summed E-state index contributed by atoms with van der Waals surface area (Å²) in [5.41, 5.74) is 0.909. The van der Waals surface area contributed by atoms with Crippen LogP contribution in [0.2, 0.25) is 0 Å². The first-order chi connectivity index (χ1) is 5.11. The standard InChI is InChI=1S/C9H13ClO/c1-5-9(11-4)8(10)6-7(2)3/h5-6H,2H2,1,3-4H3. The molecule has 0 aromatic carbocycles. The Bertz CT molecular complexity index is 202. The lowest BCUT2D eigenvalue weighted by Gasteiger charge is -2.02. The van der Waals surface area contributed by atoms with Gasteiger partial charge in [0.1, 0.15) is 5.76 Å². The summed E-state index contributed by atoms with van der Waals surface area (Å²) in [4.78, 5) is 0. The summed E-state index contributed by atoms with van der Waals surface area (Å²) in [5.74, 6) is 0.676. The average molecular weight is 173 g/mol. The van der Waals surface area contributed by atoms with E-state index in [1.165, 1.54) is 0 Å². The second kappa shape index (κ2) is 5.03. The summed E-state index contributed by atoms with van der Waals surface area (Å²) in [6.07, 6.45) is 3.57. The lowest BCUT2D eigenvalue weighted by atomic mass is 10.3. The molecule has 0 radical (unpaired) electrons. The summed E-state index contributed by atoms with van der Waals surface area (Å²) in [5, 5.41) is 0.586. The minimum absolute atomic E-state index is 0.586. The van der Waals surface area contributed by atoms with Crippen molar-refractivity contribution in [2.45, 2.75) is 13.8 Å². The number of halogens is 1. The fourth-order valence-corrected chi connectivity index (χ4v) is 1.01. The maximum absolute atomic E-state index is 5.85. The highest BCUT2D eigenvalue weighted by molar-refractivity contribution is 6.31. The molecule has 0 aromatic rings. The van der Waals surface area contributed by atoms with E-state index in [1.807, 2.05) is 19.9 Å². The van der Waals surface area contributed by atoms with Crippen molar-refractivity contribution >= 4 is 11.6 Å². The third-order valence-corrected chi connectivity index (χ3v) is 1.39. The maximum Gasteiger partial charge on any atom is 0.133 e. The summed E-state index contributed by atoms with van der Waals surface area (Å²) >= 11 is 5.85. The van der Waals surface area contributed by atoms with Crippen LogP contribution in [0.1, 0.15) is 13.8 Å².